The molecule has 0 aliphatic heterocycles. The molecule has 0 aromatic heterocycles. The van der Waals surface area contributed by atoms with Crippen LogP contribution in [0.4, 0.5) is 4.79 Å². The predicted octanol–water partition coefficient (Wildman–Crippen LogP) is 4.02. The summed E-state index contributed by atoms with van der Waals surface area (Å²) in [6.45, 7) is 6.49. The van der Waals surface area contributed by atoms with Crippen molar-refractivity contribution in [3.8, 4) is 0 Å². The first-order valence-corrected chi connectivity index (χ1v) is 6.96. The van der Waals surface area contributed by atoms with Gasteiger partial charge in [0.05, 0.1) is 0 Å². The van der Waals surface area contributed by atoms with E-state index in [0.29, 0.717) is 17.9 Å². The van der Waals surface area contributed by atoms with Crippen LogP contribution in [0.25, 0.3) is 0 Å². The molecule has 0 radical (unpaired) electrons. The molecule has 0 heterocycles. The first kappa shape index (κ1) is 12.5. The van der Waals surface area contributed by atoms with Crippen LogP contribution >= 0.6 is 11.8 Å². The average Bonchev–Trinajstić information content (AvgIpc) is 2.94. The van der Waals surface area contributed by atoms with Gasteiger partial charge in [-0.25, -0.2) is 0 Å². The van der Waals surface area contributed by atoms with Crippen LogP contribution in [-0.2, 0) is 0 Å². The maximum absolute atomic E-state index is 11.7. The molecule has 1 saturated carbocycles. The zero-order valence-corrected chi connectivity index (χ0v) is 11.4. The fourth-order valence-electron chi connectivity index (χ4n) is 1.75. The molecule has 2 atom stereocenters. The van der Waals surface area contributed by atoms with E-state index < -0.39 is 0 Å². The van der Waals surface area contributed by atoms with Gasteiger partial charge in [0.1, 0.15) is 0 Å². The van der Waals surface area contributed by atoms with Gasteiger partial charge in [-0.05, 0) is 47.7 Å². The number of hydrogen-bond acceptors (Lipinski definition) is 2. The highest BCUT2D eigenvalue weighted by Gasteiger charge is 2.33. The van der Waals surface area contributed by atoms with Gasteiger partial charge >= 0.3 is 0 Å². The zero-order valence-electron chi connectivity index (χ0n) is 10.6. The van der Waals surface area contributed by atoms with Crippen LogP contribution in [0.5, 0.6) is 0 Å². The largest absolute Gasteiger partial charge is 0.344 e. The minimum atomic E-state index is 0.0697. The summed E-state index contributed by atoms with van der Waals surface area (Å²) in [5.41, 5.74) is 1.28. The second-order valence-corrected chi connectivity index (χ2v) is 6.13. The summed E-state index contributed by atoms with van der Waals surface area (Å²) in [6, 6.07) is 8.63. The highest BCUT2D eigenvalue weighted by atomic mass is 32.2. The number of nitrogens with one attached hydrogen (secondary N) is 1. The molecule has 1 amide bonds. The Labute approximate surface area is 107 Å². The Balaban J connectivity index is 1.93. The maximum atomic E-state index is 11.7. The Morgan fingerprint density at radius 1 is 1.47 bits per heavy atom. The lowest BCUT2D eigenvalue weighted by atomic mass is 10.0. The highest BCUT2D eigenvalue weighted by molar-refractivity contribution is 8.13. The molecule has 2 rings (SSSR count). The lowest BCUT2D eigenvalue weighted by molar-refractivity contribution is 0.260. The van der Waals surface area contributed by atoms with E-state index >= 15 is 0 Å². The third-order valence-corrected chi connectivity index (χ3v) is 3.94. The van der Waals surface area contributed by atoms with Crippen LogP contribution in [0.2, 0.25) is 0 Å². The highest BCUT2D eigenvalue weighted by Crippen LogP contribution is 2.31. The Kier molecular flexibility index (Phi) is 3.77. The Hall–Kier alpha value is -0.960. The molecular formula is C14H19NOS. The molecule has 1 N–H and O–H groups in total. The summed E-state index contributed by atoms with van der Waals surface area (Å²) in [6.07, 6.45) is 1.12. The van der Waals surface area contributed by atoms with Crippen molar-refractivity contribution in [3.05, 3.63) is 29.8 Å². The molecule has 2 nitrogen and oxygen atoms in total. The molecule has 1 fully saturated rings. The molecule has 3 heteroatoms. The van der Waals surface area contributed by atoms with E-state index in [1.807, 2.05) is 12.1 Å². The van der Waals surface area contributed by atoms with Crippen molar-refractivity contribution >= 4 is 17.0 Å². The zero-order chi connectivity index (χ0) is 12.4. The average molecular weight is 249 g/mol. The smallest absolute Gasteiger partial charge is 0.284 e. The van der Waals surface area contributed by atoms with Crippen LogP contribution in [0.3, 0.4) is 0 Å². The molecular weight excluding hydrogens is 230 g/mol. The molecule has 0 bridgehead atoms. The number of carbonyl (C=O) groups excluding carboxylic acids is 1. The van der Waals surface area contributed by atoms with Gasteiger partial charge < -0.3 is 5.32 Å². The third-order valence-electron chi connectivity index (χ3n) is 3.15. The van der Waals surface area contributed by atoms with Gasteiger partial charge in [-0.2, -0.15) is 0 Å². The van der Waals surface area contributed by atoms with Crippen LogP contribution in [-0.4, -0.2) is 11.3 Å². The van der Waals surface area contributed by atoms with Crippen LogP contribution < -0.4 is 5.32 Å². The minimum Gasteiger partial charge on any atom is -0.344 e. The monoisotopic (exact) mass is 249 g/mol. The van der Waals surface area contributed by atoms with E-state index in [1.54, 1.807) is 0 Å². The topological polar surface area (TPSA) is 29.1 Å². The van der Waals surface area contributed by atoms with Crippen molar-refractivity contribution in [1.29, 1.82) is 0 Å². The molecule has 2 unspecified atom stereocenters. The summed E-state index contributed by atoms with van der Waals surface area (Å²) >= 11 is 1.30. The Bertz CT molecular complexity index is 416. The van der Waals surface area contributed by atoms with Gasteiger partial charge in [0.2, 0.25) is 0 Å². The van der Waals surface area contributed by atoms with Crippen LogP contribution in [0.1, 0.15) is 38.7 Å². The summed E-state index contributed by atoms with van der Waals surface area (Å²) in [4.78, 5) is 12.8. The number of carbonyl (C=O) groups is 1. The van der Waals surface area contributed by atoms with Gasteiger partial charge in [-0.3, -0.25) is 4.79 Å². The lowest BCUT2D eigenvalue weighted by Gasteiger charge is -2.08. The summed E-state index contributed by atoms with van der Waals surface area (Å²) in [5.74, 6) is 1.16. The van der Waals surface area contributed by atoms with Gasteiger partial charge in [0, 0.05) is 10.9 Å². The molecule has 0 saturated heterocycles. The molecule has 1 aromatic carbocycles. The van der Waals surface area contributed by atoms with Gasteiger partial charge in [-0.1, -0.05) is 32.9 Å². The predicted molar refractivity (Wildman–Crippen MR) is 72.5 cm³/mol. The normalized spacial score (nSPS) is 22.6. The number of amides is 1. The molecule has 1 aliphatic carbocycles. The molecule has 92 valence electrons. The maximum Gasteiger partial charge on any atom is 0.284 e. The van der Waals surface area contributed by atoms with E-state index in [1.165, 1.54) is 17.3 Å². The number of hydrogen-bond donors (Lipinski definition) is 1. The van der Waals surface area contributed by atoms with Crippen molar-refractivity contribution < 1.29 is 4.79 Å². The first-order chi connectivity index (χ1) is 8.06. The quantitative estimate of drug-likeness (QED) is 0.820. The van der Waals surface area contributed by atoms with E-state index in [-0.39, 0.29) is 5.24 Å². The number of benzene rings is 1. The second-order valence-electron chi connectivity index (χ2n) is 5.08. The van der Waals surface area contributed by atoms with E-state index in [4.69, 9.17) is 0 Å². The number of thioether (sulfide) groups is 1. The van der Waals surface area contributed by atoms with Crippen molar-refractivity contribution in [2.24, 2.45) is 5.92 Å². The van der Waals surface area contributed by atoms with Crippen molar-refractivity contribution in [2.75, 3.05) is 0 Å². The molecule has 1 aromatic rings. The summed E-state index contributed by atoms with van der Waals surface area (Å²) < 4.78 is 0. The van der Waals surface area contributed by atoms with E-state index in [2.05, 4.69) is 38.2 Å². The summed E-state index contributed by atoms with van der Waals surface area (Å²) in [5, 5.41) is 3.09. The van der Waals surface area contributed by atoms with Crippen molar-refractivity contribution in [1.82, 2.24) is 5.32 Å². The van der Waals surface area contributed by atoms with E-state index in [9.17, 15) is 4.79 Å². The van der Waals surface area contributed by atoms with Crippen molar-refractivity contribution in [2.45, 2.75) is 44.0 Å². The van der Waals surface area contributed by atoms with Crippen LogP contribution in [0, 0.1) is 5.92 Å². The van der Waals surface area contributed by atoms with Gasteiger partial charge in [0.25, 0.3) is 5.24 Å². The SMILES string of the molecule is CC(C)c1cccc(SC(=O)NC2CC2C)c1. The molecule has 1 aliphatic rings. The first-order valence-electron chi connectivity index (χ1n) is 6.14. The molecule has 0 spiro atoms. The van der Waals surface area contributed by atoms with E-state index in [0.717, 1.165) is 11.3 Å². The fraction of sp³-hybridized carbons (Fsp3) is 0.500. The van der Waals surface area contributed by atoms with Crippen molar-refractivity contribution in [3.63, 3.8) is 0 Å². The Morgan fingerprint density at radius 3 is 2.76 bits per heavy atom. The molecule has 17 heavy (non-hydrogen) atoms. The van der Waals surface area contributed by atoms with Gasteiger partial charge in [0.15, 0.2) is 0 Å². The second kappa shape index (κ2) is 5.13. The lowest BCUT2D eigenvalue weighted by Crippen LogP contribution is -2.21. The number of rotatable bonds is 3. The fourth-order valence-corrected chi connectivity index (χ4v) is 2.51. The van der Waals surface area contributed by atoms with Crippen LogP contribution in [0.15, 0.2) is 29.2 Å². The summed E-state index contributed by atoms with van der Waals surface area (Å²) in [7, 11) is 0. The minimum absolute atomic E-state index is 0.0697. The Morgan fingerprint density at radius 2 is 2.18 bits per heavy atom. The van der Waals surface area contributed by atoms with Gasteiger partial charge in [-0.15, -0.1) is 0 Å². The third kappa shape index (κ3) is 3.50. The standard InChI is InChI=1S/C14H19NOS/c1-9(2)11-5-4-6-12(8-11)17-14(16)15-13-7-10(13)3/h4-6,8-10,13H,7H2,1-3H3,(H,15,16).